The molecule has 4 aromatic carbocycles. The molecule has 0 N–H and O–H groups in total. The van der Waals surface area contributed by atoms with Crippen LogP contribution in [-0.4, -0.2) is 13.3 Å². The molecule has 7 nitrogen and oxygen atoms in total. The van der Waals surface area contributed by atoms with Crippen molar-refractivity contribution in [3.05, 3.63) is 144 Å². The SMILES string of the molecule is [C-]#[N+]/C(C#N)=c1\s/c(=C\c2ccc(-c3ccc(-c4ccc5c(c4)C(C)(C)c4ccccc4N5c4ccccc4)c4nsnc34)s2)c(=O)n1C. The van der Waals surface area contributed by atoms with Gasteiger partial charge in [-0.05, 0) is 65.2 Å². The van der Waals surface area contributed by atoms with Gasteiger partial charge in [0.15, 0.2) is 0 Å². The van der Waals surface area contributed by atoms with Gasteiger partial charge in [-0.1, -0.05) is 68.4 Å². The number of aromatic nitrogens is 3. The number of thiophene rings is 1. The van der Waals surface area contributed by atoms with Gasteiger partial charge in [-0.2, -0.15) is 8.75 Å². The van der Waals surface area contributed by atoms with Crippen molar-refractivity contribution < 1.29 is 0 Å². The fourth-order valence-corrected chi connectivity index (χ4v) is 9.27. The van der Waals surface area contributed by atoms with Crippen LogP contribution in [0.1, 0.15) is 29.9 Å². The summed E-state index contributed by atoms with van der Waals surface area (Å²) < 4.78 is 11.7. The lowest BCUT2D eigenvalue weighted by Gasteiger charge is -2.42. The minimum atomic E-state index is -0.231. The highest BCUT2D eigenvalue weighted by Crippen LogP contribution is 2.52. The fraction of sp³-hybridized carbons (Fsp3) is 0.103. The third-order valence-corrected chi connectivity index (χ3v) is 11.8. The second-order valence-electron chi connectivity index (χ2n) is 12.2. The fourth-order valence-electron chi connectivity index (χ4n) is 6.62. The highest BCUT2D eigenvalue weighted by molar-refractivity contribution is 7.16. The van der Waals surface area contributed by atoms with Crippen LogP contribution in [0.5, 0.6) is 0 Å². The molecule has 0 saturated carbocycles. The molecule has 7 aromatic rings. The maximum Gasteiger partial charge on any atom is 0.294 e. The Bertz CT molecular complexity index is 2700. The molecule has 8 rings (SSSR count). The van der Waals surface area contributed by atoms with E-state index in [1.807, 2.05) is 30.3 Å². The summed E-state index contributed by atoms with van der Waals surface area (Å²) >= 11 is 3.92. The lowest BCUT2D eigenvalue weighted by atomic mass is 9.73. The topological polar surface area (TPSA) is 79.2 Å². The first kappa shape index (κ1) is 30.7. The number of nitrogens with zero attached hydrogens (tertiary/aromatic N) is 6. The molecule has 0 amide bonds. The Labute approximate surface area is 294 Å². The van der Waals surface area contributed by atoms with E-state index >= 15 is 0 Å². The van der Waals surface area contributed by atoms with Crippen molar-refractivity contribution in [1.82, 2.24) is 13.3 Å². The van der Waals surface area contributed by atoms with Gasteiger partial charge in [-0.15, -0.1) is 22.7 Å². The summed E-state index contributed by atoms with van der Waals surface area (Å²) in [5.41, 5.74) is 10.2. The number of benzene rings is 4. The van der Waals surface area contributed by atoms with E-state index in [4.69, 9.17) is 15.3 Å². The van der Waals surface area contributed by atoms with Crippen molar-refractivity contribution in [1.29, 1.82) is 5.26 Å². The van der Waals surface area contributed by atoms with E-state index in [-0.39, 0.29) is 16.7 Å². The van der Waals surface area contributed by atoms with Crippen molar-refractivity contribution in [2.45, 2.75) is 19.3 Å². The largest absolute Gasteiger partial charge is 0.310 e. The average molecular weight is 691 g/mol. The molecule has 236 valence electrons. The van der Waals surface area contributed by atoms with Crippen LogP contribution in [0.3, 0.4) is 0 Å². The molecular weight excluding hydrogens is 665 g/mol. The van der Waals surface area contributed by atoms with E-state index in [1.54, 1.807) is 18.4 Å². The maximum absolute atomic E-state index is 12.9. The Morgan fingerprint density at radius 3 is 2.37 bits per heavy atom. The van der Waals surface area contributed by atoms with Crippen molar-refractivity contribution >= 4 is 74.3 Å². The predicted molar refractivity (Wildman–Crippen MR) is 201 cm³/mol. The first-order chi connectivity index (χ1) is 23.8. The highest BCUT2D eigenvalue weighted by Gasteiger charge is 2.37. The molecule has 0 spiro atoms. The highest BCUT2D eigenvalue weighted by atomic mass is 32.1. The van der Waals surface area contributed by atoms with Gasteiger partial charge in [0.2, 0.25) is 0 Å². The molecule has 0 unspecified atom stereocenters. The quantitative estimate of drug-likeness (QED) is 0.174. The second-order valence-corrected chi connectivity index (χ2v) is 14.9. The van der Waals surface area contributed by atoms with E-state index < -0.39 is 0 Å². The molecule has 49 heavy (non-hydrogen) atoms. The zero-order valence-corrected chi connectivity index (χ0v) is 29.1. The van der Waals surface area contributed by atoms with Crippen LogP contribution >= 0.6 is 34.4 Å². The van der Waals surface area contributed by atoms with Crippen LogP contribution in [0, 0.1) is 17.9 Å². The number of hydrogen-bond acceptors (Lipinski definition) is 8. The number of rotatable bonds is 4. The monoisotopic (exact) mass is 690 g/mol. The minimum absolute atomic E-state index is 0.0875. The molecule has 10 heteroatoms. The average Bonchev–Trinajstić information content (AvgIpc) is 3.87. The summed E-state index contributed by atoms with van der Waals surface area (Å²) in [6.45, 7) is 11.9. The standard InChI is InChI=1S/C39H26N6OS3/c1-39(2)28-12-8-9-13-31(28)45(24-10-6-5-7-11-24)32-18-14-23(20-29(32)39)26-16-17-27(36-35(26)42-49-43-36)33-19-15-25(47-33)21-34-37(46)44(4)38(48-34)30(22-40)41-3/h5-21H,1-2,4H3/b34-21-,38-30-. The first-order valence-electron chi connectivity index (χ1n) is 15.4. The van der Waals surface area contributed by atoms with Crippen molar-refractivity contribution in [2.24, 2.45) is 7.05 Å². The lowest BCUT2D eigenvalue weighted by molar-refractivity contribution is 0.632. The molecule has 0 bridgehead atoms. The Morgan fingerprint density at radius 2 is 1.59 bits per heavy atom. The maximum atomic E-state index is 12.9. The molecule has 0 aliphatic carbocycles. The van der Waals surface area contributed by atoms with Crippen LogP contribution in [0.15, 0.2) is 102 Å². The van der Waals surface area contributed by atoms with Gasteiger partial charge in [-0.25, -0.2) is 10.1 Å². The number of anilines is 3. The van der Waals surface area contributed by atoms with Crippen LogP contribution in [-0.2, 0) is 12.5 Å². The van der Waals surface area contributed by atoms with Gasteiger partial charge in [0.05, 0.1) is 40.3 Å². The number of nitriles is 1. The van der Waals surface area contributed by atoms with Gasteiger partial charge in [-0.3, -0.25) is 4.79 Å². The molecule has 0 radical (unpaired) electrons. The summed E-state index contributed by atoms with van der Waals surface area (Å²) in [7, 11) is 1.59. The summed E-state index contributed by atoms with van der Waals surface area (Å²) in [6, 6.07) is 36.0. The lowest BCUT2D eigenvalue weighted by Crippen LogP contribution is -2.30. The molecule has 0 fully saturated rings. The molecule has 0 atom stereocenters. The third-order valence-electron chi connectivity index (χ3n) is 9.08. The summed E-state index contributed by atoms with van der Waals surface area (Å²) in [5, 5.41) is 9.32. The zero-order valence-electron chi connectivity index (χ0n) is 26.6. The van der Waals surface area contributed by atoms with Gasteiger partial charge in [0, 0.05) is 39.0 Å². The number of para-hydroxylation sites is 2. The molecular formula is C39H26N6OS3. The minimum Gasteiger partial charge on any atom is -0.310 e. The van der Waals surface area contributed by atoms with Crippen molar-refractivity contribution in [3.63, 3.8) is 0 Å². The Hall–Kier alpha value is -5.65. The van der Waals surface area contributed by atoms with Crippen LogP contribution in [0.2, 0.25) is 0 Å². The van der Waals surface area contributed by atoms with E-state index in [0.29, 0.717) is 9.20 Å². The number of fused-ring (bicyclic) bond motifs is 3. The third kappa shape index (κ3) is 4.92. The smallest absolute Gasteiger partial charge is 0.294 e. The van der Waals surface area contributed by atoms with E-state index in [9.17, 15) is 10.1 Å². The van der Waals surface area contributed by atoms with Crippen LogP contribution in [0.4, 0.5) is 17.1 Å². The summed E-state index contributed by atoms with van der Waals surface area (Å²) in [4.78, 5) is 20.4. The van der Waals surface area contributed by atoms with Gasteiger partial charge in [0.1, 0.15) is 15.7 Å². The molecule has 3 aromatic heterocycles. The first-order valence-corrected chi connectivity index (χ1v) is 17.8. The Kier molecular flexibility index (Phi) is 7.38. The number of thiazole rings is 1. The summed E-state index contributed by atoms with van der Waals surface area (Å²) in [6.07, 6.45) is 1.82. The molecule has 1 aliphatic heterocycles. The molecule has 4 heterocycles. The number of hydrogen-bond donors (Lipinski definition) is 0. The van der Waals surface area contributed by atoms with E-state index in [1.165, 1.54) is 33.1 Å². The van der Waals surface area contributed by atoms with E-state index in [2.05, 4.69) is 102 Å². The van der Waals surface area contributed by atoms with Crippen molar-refractivity contribution in [3.8, 4) is 27.6 Å². The van der Waals surface area contributed by atoms with Gasteiger partial charge in [0.25, 0.3) is 11.3 Å². The van der Waals surface area contributed by atoms with Crippen molar-refractivity contribution in [2.75, 3.05) is 4.90 Å². The zero-order chi connectivity index (χ0) is 33.9. The Morgan fingerprint density at radius 1 is 0.878 bits per heavy atom. The summed E-state index contributed by atoms with van der Waals surface area (Å²) in [5.74, 6) is 0. The molecule has 1 aliphatic rings. The molecule has 0 saturated heterocycles. The van der Waals surface area contributed by atoms with Gasteiger partial charge < -0.3 is 9.47 Å². The Balaban J connectivity index is 1.21. The van der Waals surface area contributed by atoms with E-state index in [0.717, 1.165) is 60.2 Å². The normalized spacial score (nSPS) is 14.2. The second kappa shape index (κ2) is 11.8. The van der Waals surface area contributed by atoms with Gasteiger partial charge >= 0.3 is 0 Å². The van der Waals surface area contributed by atoms with Crippen LogP contribution < -0.4 is 19.7 Å². The predicted octanol–water partition coefficient (Wildman–Crippen LogP) is 8.34. The van der Waals surface area contributed by atoms with Crippen LogP contribution in [0.25, 0.3) is 49.2 Å².